The van der Waals surface area contributed by atoms with Gasteiger partial charge in [-0.3, -0.25) is 14.6 Å². The highest BCUT2D eigenvalue weighted by atomic mass is 32.1. The van der Waals surface area contributed by atoms with E-state index >= 15 is 0 Å². The quantitative estimate of drug-likeness (QED) is 0.446. The van der Waals surface area contributed by atoms with E-state index in [9.17, 15) is 19.5 Å². The van der Waals surface area contributed by atoms with Crippen molar-refractivity contribution in [2.24, 2.45) is 5.92 Å². The Hall–Kier alpha value is -2.72. The molecule has 39 heavy (non-hydrogen) atoms. The first kappa shape index (κ1) is 27.8. The standard InChI is InChI=1S/C29H41N5O4S/c35-27(31-18-23-16-21-17-30-12-11-26(21)39-23)25-19-33(29(37)38)13-14-34(25)28(36)24(15-20-7-3-1-4-8-20)32-22-9-5-2-6-10-22/h11-12,16-17,20,22,24-25,32H,1-10,13-15,18-19H2,(H,31,35)(H,37,38)/t24-,25+/m1/s1. The van der Waals surface area contributed by atoms with Crippen molar-refractivity contribution in [1.82, 2.24) is 25.4 Å². The van der Waals surface area contributed by atoms with E-state index in [1.165, 1.54) is 43.4 Å². The van der Waals surface area contributed by atoms with Gasteiger partial charge in [0.25, 0.3) is 0 Å². The summed E-state index contributed by atoms with van der Waals surface area (Å²) >= 11 is 1.59. The predicted molar refractivity (Wildman–Crippen MR) is 152 cm³/mol. The molecule has 2 aliphatic carbocycles. The Labute approximate surface area is 234 Å². The van der Waals surface area contributed by atoms with Gasteiger partial charge >= 0.3 is 6.09 Å². The van der Waals surface area contributed by atoms with Crippen LogP contribution in [0.1, 0.15) is 75.5 Å². The smallest absolute Gasteiger partial charge is 0.407 e. The first-order valence-electron chi connectivity index (χ1n) is 14.6. The first-order chi connectivity index (χ1) is 19.0. The molecule has 5 rings (SSSR count). The average Bonchev–Trinajstić information content (AvgIpc) is 3.39. The molecular formula is C29H41N5O4S. The van der Waals surface area contributed by atoms with Crippen LogP contribution in [0.15, 0.2) is 24.5 Å². The van der Waals surface area contributed by atoms with E-state index in [1.54, 1.807) is 28.6 Å². The highest BCUT2D eigenvalue weighted by molar-refractivity contribution is 7.19. The number of nitrogens with zero attached hydrogens (tertiary/aromatic N) is 3. The molecule has 2 saturated carbocycles. The fraction of sp³-hybridized carbons (Fsp3) is 0.655. The SMILES string of the molecule is O=C(NCc1cc2cnccc2s1)[C@@H]1CN(C(=O)O)CCN1C(=O)[C@@H](CC1CCCCC1)NC1CCCCC1. The largest absolute Gasteiger partial charge is 0.465 e. The highest BCUT2D eigenvalue weighted by Crippen LogP contribution is 2.29. The molecule has 3 aliphatic rings. The van der Waals surface area contributed by atoms with Crippen LogP contribution in [-0.4, -0.2) is 75.6 Å². The minimum atomic E-state index is -1.06. The number of fused-ring (bicyclic) bond motifs is 1. The van der Waals surface area contributed by atoms with E-state index in [0.717, 1.165) is 47.1 Å². The number of hydrogen-bond donors (Lipinski definition) is 3. The molecule has 2 aromatic heterocycles. The average molecular weight is 556 g/mol. The Morgan fingerprint density at radius 1 is 1.05 bits per heavy atom. The summed E-state index contributed by atoms with van der Waals surface area (Å²) in [6, 6.07) is 3.10. The molecule has 1 saturated heterocycles. The Kier molecular flexibility index (Phi) is 9.34. The maximum absolute atomic E-state index is 14.1. The zero-order chi connectivity index (χ0) is 27.2. The minimum absolute atomic E-state index is 0.0111. The second-order valence-corrected chi connectivity index (χ2v) is 12.6. The van der Waals surface area contributed by atoms with Crippen molar-refractivity contribution >= 4 is 39.3 Å². The molecule has 3 heterocycles. The van der Waals surface area contributed by atoms with Gasteiger partial charge in [0.1, 0.15) is 6.04 Å². The maximum atomic E-state index is 14.1. The van der Waals surface area contributed by atoms with Gasteiger partial charge in [0.2, 0.25) is 11.8 Å². The Bertz CT molecular complexity index is 1090. The summed E-state index contributed by atoms with van der Waals surface area (Å²) < 4.78 is 1.10. The molecule has 9 nitrogen and oxygen atoms in total. The molecule has 0 radical (unpaired) electrons. The van der Waals surface area contributed by atoms with Crippen molar-refractivity contribution in [3.05, 3.63) is 29.4 Å². The first-order valence-corrected chi connectivity index (χ1v) is 15.4. The van der Waals surface area contributed by atoms with Crippen LogP contribution in [0.5, 0.6) is 0 Å². The zero-order valence-corrected chi connectivity index (χ0v) is 23.5. The summed E-state index contributed by atoms with van der Waals surface area (Å²) in [6.07, 6.45) is 15.0. The van der Waals surface area contributed by atoms with E-state index in [4.69, 9.17) is 0 Å². The van der Waals surface area contributed by atoms with Crippen molar-refractivity contribution in [2.75, 3.05) is 19.6 Å². The number of carbonyl (C=O) groups is 3. The summed E-state index contributed by atoms with van der Waals surface area (Å²) in [5.41, 5.74) is 0. The van der Waals surface area contributed by atoms with Gasteiger partial charge in [-0.25, -0.2) is 4.79 Å². The van der Waals surface area contributed by atoms with Crippen LogP contribution in [0, 0.1) is 5.92 Å². The molecule has 2 atom stereocenters. The fourth-order valence-electron chi connectivity index (χ4n) is 6.51. The number of aromatic nitrogens is 1. The minimum Gasteiger partial charge on any atom is -0.465 e. The summed E-state index contributed by atoms with van der Waals surface area (Å²) in [5, 5.41) is 17.4. The fourth-order valence-corrected chi connectivity index (χ4v) is 7.48. The molecule has 1 aliphatic heterocycles. The van der Waals surface area contributed by atoms with Gasteiger partial charge in [-0.1, -0.05) is 51.4 Å². The third-order valence-corrected chi connectivity index (χ3v) is 9.79. The number of amides is 3. The van der Waals surface area contributed by atoms with Crippen molar-refractivity contribution in [2.45, 2.75) is 95.3 Å². The highest BCUT2D eigenvalue weighted by Gasteiger charge is 2.40. The van der Waals surface area contributed by atoms with Crippen LogP contribution in [-0.2, 0) is 16.1 Å². The maximum Gasteiger partial charge on any atom is 0.407 e. The molecule has 3 N–H and O–H groups in total. The van der Waals surface area contributed by atoms with Crippen LogP contribution in [0.25, 0.3) is 10.1 Å². The van der Waals surface area contributed by atoms with Crippen molar-refractivity contribution in [3.8, 4) is 0 Å². The second kappa shape index (κ2) is 13.1. The number of piperazine rings is 1. The van der Waals surface area contributed by atoms with Gasteiger partial charge in [-0.05, 0) is 37.3 Å². The number of hydrogen-bond acceptors (Lipinski definition) is 6. The van der Waals surface area contributed by atoms with Gasteiger partial charge < -0.3 is 25.5 Å². The summed E-state index contributed by atoms with van der Waals surface area (Å²) in [5.74, 6) is 0.155. The molecule has 0 unspecified atom stereocenters. The van der Waals surface area contributed by atoms with Crippen LogP contribution in [0.4, 0.5) is 4.79 Å². The van der Waals surface area contributed by atoms with Gasteiger partial charge in [0.05, 0.1) is 19.1 Å². The van der Waals surface area contributed by atoms with Gasteiger partial charge in [-0.2, -0.15) is 0 Å². The normalized spacial score (nSPS) is 22.1. The zero-order valence-electron chi connectivity index (χ0n) is 22.6. The molecule has 0 spiro atoms. The van der Waals surface area contributed by atoms with Gasteiger partial charge in [0.15, 0.2) is 0 Å². The number of carboxylic acid groups (broad SMARTS) is 1. The lowest BCUT2D eigenvalue weighted by Crippen LogP contribution is -2.64. The Balaban J connectivity index is 1.31. The van der Waals surface area contributed by atoms with Crippen LogP contribution >= 0.6 is 11.3 Å². The lowest BCUT2D eigenvalue weighted by atomic mass is 9.83. The predicted octanol–water partition coefficient (Wildman–Crippen LogP) is 4.36. The number of nitrogens with one attached hydrogen (secondary N) is 2. The van der Waals surface area contributed by atoms with Crippen LogP contribution in [0.2, 0.25) is 0 Å². The van der Waals surface area contributed by atoms with Crippen LogP contribution < -0.4 is 10.6 Å². The van der Waals surface area contributed by atoms with E-state index in [0.29, 0.717) is 18.5 Å². The molecule has 2 aromatic rings. The summed E-state index contributed by atoms with van der Waals surface area (Å²) in [7, 11) is 0. The molecule has 3 amide bonds. The van der Waals surface area contributed by atoms with Crippen molar-refractivity contribution in [3.63, 3.8) is 0 Å². The summed E-state index contributed by atoms with van der Waals surface area (Å²) in [4.78, 5) is 47.5. The van der Waals surface area contributed by atoms with E-state index in [2.05, 4.69) is 15.6 Å². The van der Waals surface area contributed by atoms with E-state index in [1.807, 2.05) is 12.1 Å². The number of pyridine rings is 1. The number of carbonyl (C=O) groups excluding carboxylic acids is 2. The monoisotopic (exact) mass is 555 g/mol. The molecular weight excluding hydrogens is 514 g/mol. The number of thiophene rings is 1. The van der Waals surface area contributed by atoms with Crippen LogP contribution in [0.3, 0.4) is 0 Å². The lowest BCUT2D eigenvalue weighted by Gasteiger charge is -2.42. The Morgan fingerprint density at radius 3 is 2.51 bits per heavy atom. The topological polar surface area (TPSA) is 115 Å². The number of rotatable bonds is 8. The third kappa shape index (κ3) is 7.08. The van der Waals surface area contributed by atoms with Crippen molar-refractivity contribution in [1.29, 1.82) is 0 Å². The van der Waals surface area contributed by atoms with Gasteiger partial charge in [-0.15, -0.1) is 11.3 Å². The molecule has 3 fully saturated rings. The van der Waals surface area contributed by atoms with Crippen molar-refractivity contribution < 1.29 is 19.5 Å². The Morgan fingerprint density at radius 2 is 1.79 bits per heavy atom. The lowest BCUT2D eigenvalue weighted by molar-refractivity contribution is -0.145. The second-order valence-electron chi connectivity index (χ2n) is 11.4. The molecule has 212 valence electrons. The van der Waals surface area contributed by atoms with E-state index < -0.39 is 12.1 Å². The molecule has 0 aromatic carbocycles. The van der Waals surface area contributed by atoms with Gasteiger partial charge in [0, 0.05) is 46.5 Å². The molecule has 10 heteroatoms. The summed E-state index contributed by atoms with van der Waals surface area (Å²) in [6.45, 7) is 0.761. The molecule has 0 bridgehead atoms. The third-order valence-electron chi connectivity index (χ3n) is 8.68. The van der Waals surface area contributed by atoms with E-state index in [-0.39, 0.29) is 37.5 Å².